The number of aliphatic hydroxyl groups is 1. The van der Waals surface area contributed by atoms with Crippen LogP contribution in [0.4, 0.5) is 0 Å². The molecule has 0 aromatic carbocycles. The van der Waals surface area contributed by atoms with Crippen LogP contribution in [-0.4, -0.2) is 73.8 Å². The lowest BCUT2D eigenvalue weighted by molar-refractivity contribution is -0.151. The molecule has 2 aliphatic rings. The number of amides is 2. The summed E-state index contributed by atoms with van der Waals surface area (Å²) in [5, 5.41) is 26.6. The van der Waals surface area contributed by atoms with Crippen molar-refractivity contribution in [1.82, 2.24) is 25.5 Å². The van der Waals surface area contributed by atoms with Crippen molar-refractivity contribution >= 4 is 17.8 Å². The molecule has 1 aromatic heterocycles. The Hall–Kier alpha value is -2.59. The molecular weight excluding hydrogens is 426 g/mol. The molecule has 182 valence electrons. The van der Waals surface area contributed by atoms with E-state index in [-0.39, 0.29) is 35.3 Å². The van der Waals surface area contributed by atoms with E-state index in [1.165, 1.54) is 23.5 Å². The van der Waals surface area contributed by atoms with Gasteiger partial charge < -0.3 is 20.4 Å². The Kier molecular flexibility index (Phi) is 8.01. The first-order chi connectivity index (χ1) is 15.6. The van der Waals surface area contributed by atoms with Gasteiger partial charge in [0.05, 0.1) is 18.3 Å². The maximum atomic E-state index is 13.5. The average molecular weight is 462 g/mol. The van der Waals surface area contributed by atoms with Crippen LogP contribution in [0.15, 0.2) is 18.6 Å². The van der Waals surface area contributed by atoms with Crippen molar-refractivity contribution in [1.29, 1.82) is 0 Å². The number of aliphatic hydroxyl groups excluding tert-OH is 1. The highest BCUT2D eigenvalue weighted by Gasteiger charge is 2.51. The zero-order chi connectivity index (χ0) is 24.3. The summed E-state index contributed by atoms with van der Waals surface area (Å²) in [6.45, 7) is 7.81. The Balaban J connectivity index is 1.73. The van der Waals surface area contributed by atoms with Crippen LogP contribution in [0, 0.1) is 23.7 Å². The number of nitrogens with one attached hydrogen (secondary N) is 2. The van der Waals surface area contributed by atoms with Gasteiger partial charge in [0.1, 0.15) is 18.0 Å². The van der Waals surface area contributed by atoms with Gasteiger partial charge in [-0.05, 0) is 36.5 Å². The second-order valence-corrected chi connectivity index (χ2v) is 9.80. The molecule has 10 heteroatoms. The molecule has 10 nitrogen and oxygen atoms in total. The lowest BCUT2D eigenvalue weighted by atomic mass is 9.94. The van der Waals surface area contributed by atoms with E-state index in [1.54, 1.807) is 0 Å². The number of fused-ring (bicyclic) bond motifs is 1. The number of nitrogens with zero attached hydrogens (tertiary/aromatic N) is 3. The van der Waals surface area contributed by atoms with Crippen LogP contribution in [0.5, 0.6) is 0 Å². The number of carbonyl (C=O) groups excluding carboxylic acids is 2. The molecule has 2 heterocycles. The Labute approximate surface area is 194 Å². The zero-order valence-electron chi connectivity index (χ0n) is 19.6. The van der Waals surface area contributed by atoms with Crippen molar-refractivity contribution in [3.63, 3.8) is 0 Å². The fourth-order valence-corrected chi connectivity index (χ4v) is 5.12. The maximum Gasteiger partial charge on any atom is 0.326 e. The molecule has 1 aromatic rings. The van der Waals surface area contributed by atoms with Crippen molar-refractivity contribution in [2.45, 2.75) is 71.3 Å². The third kappa shape index (κ3) is 5.50. The van der Waals surface area contributed by atoms with Gasteiger partial charge in [0.2, 0.25) is 5.91 Å². The number of carboxylic acids is 1. The van der Waals surface area contributed by atoms with Crippen molar-refractivity contribution in [2.75, 3.05) is 6.54 Å². The first-order valence-electron chi connectivity index (χ1n) is 11.7. The van der Waals surface area contributed by atoms with Crippen molar-refractivity contribution < 1.29 is 24.6 Å². The topological polar surface area (TPSA) is 145 Å². The van der Waals surface area contributed by atoms with Crippen LogP contribution in [0.3, 0.4) is 0 Å². The van der Waals surface area contributed by atoms with Gasteiger partial charge in [0, 0.05) is 18.9 Å². The fraction of sp³-hybridized carbons (Fsp3) is 0.696. The Morgan fingerprint density at radius 3 is 2.42 bits per heavy atom. The summed E-state index contributed by atoms with van der Waals surface area (Å²) in [7, 11) is 0. The molecule has 0 bridgehead atoms. The minimum absolute atomic E-state index is 0.0149. The molecule has 33 heavy (non-hydrogen) atoms. The summed E-state index contributed by atoms with van der Waals surface area (Å²) in [6, 6.07) is -2.33. The summed E-state index contributed by atoms with van der Waals surface area (Å²) in [4.78, 5) is 47.4. The molecule has 0 spiro atoms. The number of carboxylic acid groups (broad SMARTS) is 1. The van der Waals surface area contributed by atoms with Crippen LogP contribution in [0.25, 0.3) is 0 Å². The first-order valence-corrected chi connectivity index (χ1v) is 11.7. The largest absolute Gasteiger partial charge is 0.480 e. The van der Waals surface area contributed by atoms with Gasteiger partial charge in [-0.15, -0.1) is 0 Å². The van der Waals surface area contributed by atoms with Gasteiger partial charge in [-0.25, -0.2) is 9.78 Å². The van der Waals surface area contributed by atoms with Crippen molar-refractivity contribution in [2.24, 2.45) is 23.7 Å². The number of rotatable bonds is 9. The lowest BCUT2D eigenvalue weighted by Crippen LogP contribution is -2.60. The van der Waals surface area contributed by atoms with E-state index in [9.17, 15) is 24.6 Å². The van der Waals surface area contributed by atoms with Crippen LogP contribution in [0.1, 0.15) is 57.4 Å². The number of carbonyl (C=O) groups is 3. The number of hydrogen-bond donors (Lipinski definition) is 4. The van der Waals surface area contributed by atoms with Crippen molar-refractivity contribution in [3.05, 3.63) is 24.3 Å². The van der Waals surface area contributed by atoms with Gasteiger partial charge in [0.15, 0.2) is 0 Å². The molecule has 2 unspecified atom stereocenters. The highest BCUT2D eigenvalue weighted by Crippen LogP contribution is 2.42. The average Bonchev–Trinajstić information content (AvgIpc) is 3.36. The van der Waals surface area contributed by atoms with Crippen LogP contribution >= 0.6 is 0 Å². The third-order valence-corrected chi connectivity index (χ3v) is 6.86. The van der Waals surface area contributed by atoms with Gasteiger partial charge >= 0.3 is 5.97 Å². The molecule has 2 fully saturated rings. The normalized spacial score (nSPS) is 25.1. The molecule has 2 amide bonds. The summed E-state index contributed by atoms with van der Waals surface area (Å²) in [5.41, 5.74) is 0.125. The Morgan fingerprint density at radius 2 is 1.85 bits per heavy atom. The summed E-state index contributed by atoms with van der Waals surface area (Å²) in [5.74, 6) is -1.94. The highest BCUT2D eigenvalue weighted by molar-refractivity contribution is 5.92. The fourth-order valence-electron chi connectivity index (χ4n) is 5.12. The van der Waals surface area contributed by atoms with E-state index in [1.807, 2.05) is 27.7 Å². The molecule has 1 aliphatic heterocycles. The summed E-state index contributed by atoms with van der Waals surface area (Å²) in [6.07, 6.45) is 5.72. The Morgan fingerprint density at radius 1 is 1.12 bits per heavy atom. The first kappa shape index (κ1) is 25.0. The van der Waals surface area contributed by atoms with E-state index in [4.69, 9.17) is 0 Å². The monoisotopic (exact) mass is 461 g/mol. The standard InChI is InChI=1S/C23H35N5O5/c1-12(2)17(26-20(29)16-10-24-8-9-25-16)21(30)27-18(13(3)4)22(31)28-11-14-6-5-7-15(14)19(28)23(32)33/h8-10,12-15,17-19,21,27,30H,5-7,11H2,1-4H3,(H,26,29)(H,32,33)/t14-,15-,17-,18-,19?,21?/m0/s1. The summed E-state index contributed by atoms with van der Waals surface area (Å²) >= 11 is 0. The minimum Gasteiger partial charge on any atom is -0.480 e. The van der Waals surface area contributed by atoms with Crippen LogP contribution < -0.4 is 10.6 Å². The molecule has 1 aliphatic carbocycles. The molecule has 3 rings (SSSR count). The molecule has 1 saturated carbocycles. The smallest absolute Gasteiger partial charge is 0.326 e. The van der Waals surface area contributed by atoms with Gasteiger partial charge in [-0.1, -0.05) is 34.1 Å². The van der Waals surface area contributed by atoms with E-state index in [2.05, 4.69) is 20.6 Å². The molecule has 4 N–H and O–H groups in total. The van der Waals surface area contributed by atoms with E-state index >= 15 is 0 Å². The molecular formula is C23H35N5O5. The molecule has 6 atom stereocenters. The number of aliphatic carboxylic acids is 1. The van der Waals surface area contributed by atoms with Gasteiger partial charge in [0.25, 0.3) is 5.91 Å². The summed E-state index contributed by atoms with van der Waals surface area (Å²) < 4.78 is 0. The number of likely N-dealkylation sites (tertiary alicyclic amines) is 1. The van der Waals surface area contributed by atoms with Crippen LogP contribution in [-0.2, 0) is 9.59 Å². The second-order valence-electron chi connectivity index (χ2n) is 9.80. The molecule has 1 saturated heterocycles. The van der Waals surface area contributed by atoms with E-state index in [0.29, 0.717) is 6.54 Å². The highest BCUT2D eigenvalue weighted by atomic mass is 16.4. The Bertz CT molecular complexity index is 849. The quantitative estimate of drug-likeness (QED) is 0.397. The SMILES string of the molecule is CC(C)[C@H](NC(=O)c1cnccn1)C(O)N[C@H](C(=O)N1C[C@@H]2CCC[C@@H]2C1C(=O)O)C(C)C. The number of aromatic nitrogens is 2. The second kappa shape index (κ2) is 10.6. The van der Waals surface area contributed by atoms with Crippen LogP contribution in [0.2, 0.25) is 0 Å². The third-order valence-electron chi connectivity index (χ3n) is 6.86. The minimum atomic E-state index is -1.23. The van der Waals surface area contributed by atoms with Crippen molar-refractivity contribution in [3.8, 4) is 0 Å². The lowest BCUT2D eigenvalue weighted by Gasteiger charge is -2.35. The predicted molar refractivity (Wildman–Crippen MR) is 120 cm³/mol. The number of hydrogen-bond acceptors (Lipinski definition) is 7. The molecule has 0 radical (unpaired) electrons. The van der Waals surface area contributed by atoms with E-state index in [0.717, 1.165) is 19.3 Å². The maximum absolute atomic E-state index is 13.5. The van der Waals surface area contributed by atoms with Gasteiger partial charge in [-0.3, -0.25) is 19.9 Å². The van der Waals surface area contributed by atoms with E-state index < -0.39 is 36.2 Å². The van der Waals surface area contributed by atoms with Gasteiger partial charge in [-0.2, -0.15) is 0 Å². The predicted octanol–water partition coefficient (Wildman–Crippen LogP) is 0.875. The zero-order valence-corrected chi connectivity index (χ0v) is 19.6.